The molecule has 6 heteroatoms. The summed E-state index contributed by atoms with van der Waals surface area (Å²) >= 11 is 6.07. The van der Waals surface area contributed by atoms with Gasteiger partial charge in [-0.1, -0.05) is 72.3 Å². The number of carbonyl (C=O) groups excluding carboxylic acids is 1. The van der Waals surface area contributed by atoms with E-state index >= 15 is 0 Å². The lowest BCUT2D eigenvalue weighted by Crippen LogP contribution is -2.39. The van der Waals surface area contributed by atoms with Gasteiger partial charge in [0.05, 0.1) is 11.6 Å². The molecule has 0 saturated carbocycles. The Balaban J connectivity index is 1.54. The number of aliphatic hydroxyl groups is 2. The Bertz CT molecular complexity index is 1450. The van der Waals surface area contributed by atoms with Gasteiger partial charge < -0.3 is 20.4 Å². The Morgan fingerprint density at radius 1 is 0.972 bits per heavy atom. The number of para-hydroxylation sites is 1. The van der Waals surface area contributed by atoms with Crippen LogP contribution < -0.4 is 10.2 Å². The van der Waals surface area contributed by atoms with Gasteiger partial charge in [0.25, 0.3) is 0 Å². The van der Waals surface area contributed by atoms with Gasteiger partial charge in [-0.2, -0.15) is 0 Å². The van der Waals surface area contributed by atoms with E-state index in [2.05, 4.69) is 5.32 Å². The lowest BCUT2D eigenvalue weighted by atomic mass is 9.88. The third-order valence-corrected chi connectivity index (χ3v) is 6.89. The molecule has 5 nitrogen and oxygen atoms in total. The van der Waals surface area contributed by atoms with Crippen molar-refractivity contribution in [2.45, 2.75) is 25.5 Å². The minimum atomic E-state index is -1.23. The number of Topliss-reactive ketones (excluding diaryl/α,β-unsaturated/α-hetero) is 1. The number of ketones is 1. The van der Waals surface area contributed by atoms with Gasteiger partial charge in [-0.25, -0.2) is 0 Å². The van der Waals surface area contributed by atoms with E-state index in [0.717, 1.165) is 22.0 Å². The number of hydrogen-bond acceptors (Lipinski definition) is 5. The van der Waals surface area contributed by atoms with Crippen LogP contribution in [-0.2, 0) is 11.2 Å². The normalized spacial score (nSPS) is 16.1. The molecule has 0 aromatic heterocycles. The molecule has 2 atom stereocenters. The van der Waals surface area contributed by atoms with Crippen molar-refractivity contribution in [1.82, 2.24) is 0 Å². The maximum atomic E-state index is 14.0. The minimum absolute atomic E-state index is 0.0113. The first-order valence-electron chi connectivity index (χ1n) is 12.0. The van der Waals surface area contributed by atoms with Crippen molar-refractivity contribution in [2.24, 2.45) is 0 Å². The summed E-state index contributed by atoms with van der Waals surface area (Å²) in [6.07, 6.45) is -0.886. The van der Waals surface area contributed by atoms with Crippen LogP contribution in [0.2, 0.25) is 5.02 Å². The standard InChI is InChI=1S/C30H27ClN2O3/c1-2-33-26-10-6-5-9-24(26)28(34)27(30(33)36)29(35)25(17-19-11-14-22(31)15-12-19)32-23-16-13-20-7-3-4-8-21(20)18-23/h3-16,18,25,28,32,34,36H,2,17H2,1H3. The lowest BCUT2D eigenvalue weighted by molar-refractivity contribution is -0.117. The summed E-state index contributed by atoms with van der Waals surface area (Å²) in [4.78, 5) is 15.7. The number of carbonyl (C=O) groups is 1. The molecule has 0 spiro atoms. The highest BCUT2D eigenvalue weighted by Crippen LogP contribution is 2.40. The number of nitrogens with zero attached hydrogens (tertiary/aromatic N) is 1. The first-order valence-corrected chi connectivity index (χ1v) is 12.4. The number of hydrogen-bond donors (Lipinski definition) is 3. The highest BCUT2D eigenvalue weighted by molar-refractivity contribution is 6.30. The molecule has 182 valence electrons. The predicted molar refractivity (Wildman–Crippen MR) is 146 cm³/mol. The first kappa shape index (κ1) is 23.9. The van der Waals surface area contributed by atoms with Gasteiger partial charge in [0.2, 0.25) is 5.88 Å². The van der Waals surface area contributed by atoms with Crippen LogP contribution in [0.25, 0.3) is 10.8 Å². The van der Waals surface area contributed by atoms with Crippen molar-refractivity contribution in [2.75, 3.05) is 16.8 Å². The summed E-state index contributed by atoms with van der Waals surface area (Å²) in [5, 5.41) is 28.5. The molecule has 0 bridgehead atoms. The van der Waals surface area contributed by atoms with E-state index in [-0.39, 0.29) is 17.2 Å². The fourth-order valence-corrected chi connectivity index (χ4v) is 4.93. The van der Waals surface area contributed by atoms with Crippen LogP contribution in [0.15, 0.2) is 102 Å². The van der Waals surface area contributed by atoms with Crippen molar-refractivity contribution in [3.05, 3.63) is 119 Å². The van der Waals surface area contributed by atoms with Crippen molar-refractivity contribution in [3.63, 3.8) is 0 Å². The monoisotopic (exact) mass is 498 g/mol. The maximum absolute atomic E-state index is 14.0. The van der Waals surface area contributed by atoms with Gasteiger partial charge >= 0.3 is 0 Å². The molecule has 0 fully saturated rings. The molecule has 0 radical (unpaired) electrons. The van der Waals surface area contributed by atoms with E-state index < -0.39 is 12.1 Å². The number of fused-ring (bicyclic) bond motifs is 2. The highest BCUT2D eigenvalue weighted by Gasteiger charge is 2.37. The Labute approximate surface area is 215 Å². The molecule has 0 amide bonds. The van der Waals surface area contributed by atoms with Crippen molar-refractivity contribution < 1.29 is 15.0 Å². The number of anilines is 2. The van der Waals surface area contributed by atoms with Gasteiger partial charge in [-0.05, 0) is 53.6 Å². The van der Waals surface area contributed by atoms with Crippen LogP contribution in [0.3, 0.4) is 0 Å². The van der Waals surface area contributed by atoms with E-state index in [4.69, 9.17) is 11.6 Å². The lowest BCUT2D eigenvalue weighted by Gasteiger charge is -2.34. The third kappa shape index (κ3) is 4.55. The van der Waals surface area contributed by atoms with Gasteiger partial charge in [-0.15, -0.1) is 0 Å². The molecule has 4 aromatic rings. The summed E-state index contributed by atoms with van der Waals surface area (Å²) < 4.78 is 0. The van der Waals surface area contributed by atoms with Crippen molar-refractivity contribution >= 4 is 39.5 Å². The van der Waals surface area contributed by atoms with Gasteiger partial charge in [-0.3, -0.25) is 4.79 Å². The molecule has 5 rings (SSSR count). The zero-order chi connectivity index (χ0) is 25.2. The van der Waals surface area contributed by atoms with Crippen molar-refractivity contribution in [3.8, 4) is 0 Å². The van der Waals surface area contributed by atoms with E-state index in [1.54, 1.807) is 23.1 Å². The molecular weight excluding hydrogens is 472 g/mol. The fraction of sp³-hybridized carbons (Fsp3) is 0.167. The number of benzene rings is 4. The first-order chi connectivity index (χ1) is 17.5. The topological polar surface area (TPSA) is 72.8 Å². The quantitative estimate of drug-likeness (QED) is 0.274. The second-order valence-electron chi connectivity index (χ2n) is 8.90. The number of rotatable bonds is 7. The predicted octanol–water partition coefficient (Wildman–Crippen LogP) is 6.43. The summed E-state index contributed by atoms with van der Waals surface area (Å²) in [6, 6.07) is 27.8. The third-order valence-electron chi connectivity index (χ3n) is 6.63. The zero-order valence-corrected chi connectivity index (χ0v) is 20.6. The van der Waals surface area contributed by atoms with Crippen LogP contribution >= 0.6 is 11.6 Å². The minimum Gasteiger partial charge on any atom is -0.494 e. The molecule has 2 unspecified atom stereocenters. The average molecular weight is 499 g/mol. The SMILES string of the molecule is CCN1C(O)=C(C(=O)C(Cc2ccc(Cl)cc2)Nc2ccc3ccccc3c2)C(O)c2ccccc21. The summed E-state index contributed by atoms with van der Waals surface area (Å²) in [5.41, 5.74) is 2.96. The molecule has 1 aliphatic heterocycles. The summed E-state index contributed by atoms with van der Waals surface area (Å²) in [7, 11) is 0. The van der Waals surface area contributed by atoms with Crippen LogP contribution in [0, 0.1) is 0 Å². The highest BCUT2D eigenvalue weighted by atomic mass is 35.5. The summed E-state index contributed by atoms with van der Waals surface area (Å²) in [5.74, 6) is -0.578. The van der Waals surface area contributed by atoms with Crippen LogP contribution in [-0.4, -0.2) is 28.6 Å². The van der Waals surface area contributed by atoms with Crippen LogP contribution in [0.4, 0.5) is 11.4 Å². The zero-order valence-electron chi connectivity index (χ0n) is 19.9. The molecule has 0 aliphatic carbocycles. The Morgan fingerprint density at radius 3 is 2.42 bits per heavy atom. The smallest absolute Gasteiger partial charge is 0.201 e. The molecule has 1 heterocycles. The van der Waals surface area contributed by atoms with Crippen LogP contribution in [0.1, 0.15) is 24.2 Å². The molecular formula is C30H27ClN2O3. The number of aliphatic hydroxyl groups excluding tert-OH is 2. The van der Waals surface area contributed by atoms with Crippen molar-refractivity contribution in [1.29, 1.82) is 0 Å². The van der Waals surface area contributed by atoms with E-state index in [1.165, 1.54) is 0 Å². The second-order valence-corrected chi connectivity index (χ2v) is 9.33. The van der Waals surface area contributed by atoms with E-state index in [1.807, 2.05) is 79.7 Å². The molecule has 3 N–H and O–H groups in total. The van der Waals surface area contributed by atoms with E-state index in [0.29, 0.717) is 29.2 Å². The van der Waals surface area contributed by atoms with Gasteiger partial charge in [0.1, 0.15) is 6.10 Å². The molecule has 36 heavy (non-hydrogen) atoms. The molecule has 1 aliphatic rings. The Hall–Kier alpha value is -3.80. The van der Waals surface area contributed by atoms with E-state index in [9.17, 15) is 15.0 Å². The summed E-state index contributed by atoms with van der Waals surface area (Å²) in [6.45, 7) is 2.34. The van der Waals surface area contributed by atoms with Gasteiger partial charge in [0, 0.05) is 34.9 Å². The molecule has 4 aromatic carbocycles. The Morgan fingerprint density at radius 2 is 1.67 bits per heavy atom. The maximum Gasteiger partial charge on any atom is 0.201 e. The number of nitrogens with one attached hydrogen (secondary N) is 1. The molecule has 0 saturated heterocycles. The second kappa shape index (κ2) is 10.1. The van der Waals surface area contributed by atoms with Crippen LogP contribution in [0.5, 0.6) is 0 Å². The number of halogens is 1. The Kier molecular flexibility index (Phi) is 6.68. The largest absolute Gasteiger partial charge is 0.494 e. The average Bonchev–Trinajstić information content (AvgIpc) is 2.90. The van der Waals surface area contributed by atoms with Gasteiger partial charge in [0.15, 0.2) is 5.78 Å². The fourth-order valence-electron chi connectivity index (χ4n) is 4.80.